The molecule has 0 bridgehead atoms. The Hall–Kier alpha value is -9.50. The van der Waals surface area contributed by atoms with E-state index >= 15 is 0 Å². The number of nitrogens with zero attached hydrogens (tertiary/aromatic N) is 2. The van der Waals surface area contributed by atoms with E-state index in [0.717, 1.165) is 28.4 Å². The van der Waals surface area contributed by atoms with E-state index in [9.17, 15) is 0 Å². The SMILES string of the molecule is c1ccc(N(c2ccccc2)c2ccc3c(c2)C2(c4ccccc4-3)c3ccccc3-c3cc4ccccc4c(N(c4ccccc4)c4cccc5c4-c4ccccc4C5(c4ccccc4)c4ccccc4)c32)cc1. The molecule has 0 amide bonds. The number of hydrogen-bond acceptors (Lipinski definition) is 2. The van der Waals surface area contributed by atoms with Gasteiger partial charge in [0.15, 0.2) is 0 Å². The first-order valence-electron chi connectivity index (χ1n) is 25.8. The Balaban J connectivity index is 1.09. The first kappa shape index (κ1) is 42.2. The maximum absolute atomic E-state index is 2.64. The zero-order valence-corrected chi connectivity index (χ0v) is 40.6. The van der Waals surface area contributed by atoms with Crippen LogP contribution >= 0.6 is 0 Å². The lowest BCUT2D eigenvalue weighted by molar-refractivity contribution is 0.768. The van der Waals surface area contributed by atoms with Crippen LogP contribution in [0.4, 0.5) is 34.1 Å². The topological polar surface area (TPSA) is 6.48 Å². The maximum atomic E-state index is 2.64. The van der Waals surface area contributed by atoms with Gasteiger partial charge in [0.2, 0.25) is 0 Å². The maximum Gasteiger partial charge on any atom is 0.0747 e. The van der Waals surface area contributed by atoms with Gasteiger partial charge in [0, 0.05) is 39.3 Å². The fourth-order valence-corrected chi connectivity index (χ4v) is 13.5. The summed E-state index contributed by atoms with van der Waals surface area (Å²) >= 11 is 0. The average Bonchev–Trinajstić information content (AvgIpc) is 4.10. The predicted octanol–water partition coefficient (Wildman–Crippen LogP) is 18.5. The van der Waals surface area contributed by atoms with Crippen molar-refractivity contribution in [1.29, 1.82) is 0 Å². The molecule has 0 saturated carbocycles. The van der Waals surface area contributed by atoms with Crippen LogP contribution in [0.5, 0.6) is 0 Å². The second-order valence-corrected chi connectivity index (χ2v) is 19.8. The molecule has 74 heavy (non-hydrogen) atoms. The lowest BCUT2D eigenvalue weighted by Gasteiger charge is -2.38. The predicted molar refractivity (Wildman–Crippen MR) is 307 cm³/mol. The molecule has 0 radical (unpaired) electrons. The van der Waals surface area contributed by atoms with Gasteiger partial charge in [0.05, 0.1) is 22.2 Å². The molecule has 1 atom stereocenters. The van der Waals surface area contributed by atoms with Gasteiger partial charge in [-0.25, -0.2) is 0 Å². The van der Waals surface area contributed by atoms with Crippen LogP contribution in [0.25, 0.3) is 44.2 Å². The highest BCUT2D eigenvalue weighted by molar-refractivity contribution is 6.12. The van der Waals surface area contributed by atoms with Crippen LogP contribution in [0.1, 0.15) is 44.5 Å². The quantitative estimate of drug-likeness (QED) is 0.150. The molecule has 12 aromatic rings. The van der Waals surface area contributed by atoms with Crippen molar-refractivity contribution in [2.45, 2.75) is 10.8 Å². The van der Waals surface area contributed by atoms with Crippen molar-refractivity contribution in [2.75, 3.05) is 9.80 Å². The van der Waals surface area contributed by atoms with E-state index in [4.69, 9.17) is 0 Å². The molecule has 2 heteroatoms. The van der Waals surface area contributed by atoms with E-state index in [1.54, 1.807) is 0 Å². The van der Waals surface area contributed by atoms with E-state index in [1.165, 1.54) is 94.3 Å². The molecule has 1 spiro atoms. The lowest BCUT2D eigenvalue weighted by atomic mass is 9.67. The van der Waals surface area contributed by atoms with Gasteiger partial charge >= 0.3 is 0 Å². The summed E-state index contributed by atoms with van der Waals surface area (Å²) in [6.45, 7) is 0. The van der Waals surface area contributed by atoms with Crippen LogP contribution < -0.4 is 9.80 Å². The zero-order valence-electron chi connectivity index (χ0n) is 40.6. The second kappa shape index (κ2) is 16.5. The molecular formula is C72H48N2. The molecule has 0 fully saturated rings. The first-order chi connectivity index (χ1) is 36.8. The van der Waals surface area contributed by atoms with Gasteiger partial charge in [0.25, 0.3) is 0 Å². The minimum atomic E-state index is -0.715. The van der Waals surface area contributed by atoms with Crippen molar-refractivity contribution in [3.8, 4) is 33.4 Å². The van der Waals surface area contributed by atoms with Crippen LogP contribution in [0, 0.1) is 0 Å². The number of hydrogen-bond donors (Lipinski definition) is 0. The fourth-order valence-electron chi connectivity index (χ4n) is 13.5. The highest BCUT2D eigenvalue weighted by atomic mass is 15.2. The first-order valence-corrected chi connectivity index (χ1v) is 25.8. The Bertz CT molecular complexity index is 4050. The van der Waals surface area contributed by atoms with Crippen molar-refractivity contribution in [3.05, 3.63) is 336 Å². The Morgan fingerprint density at radius 3 is 1.30 bits per heavy atom. The minimum absolute atomic E-state index is 0.575. The fraction of sp³-hybridized carbons (Fsp3) is 0.0278. The zero-order chi connectivity index (χ0) is 48.8. The van der Waals surface area contributed by atoms with Gasteiger partial charge in [-0.15, -0.1) is 0 Å². The summed E-state index contributed by atoms with van der Waals surface area (Å²) in [5, 5.41) is 2.39. The molecule has 0 aromatic heterocycles. The summed E-state index contributed by atoms with van der Waals surface area (Å²) in [6.07, 6.45) is 0. The Kier molecular flexibility index (Phi) is 9.43. The van der Waals surface area contributed by atoms with Crippen LogP contribution in [0.15, 0.2) is 291 Å². The van der Waals surface area contributed by atoms with E-state index in [0.29, 0.717) is 0 Å². The summed E-state index contributed by atoms with van der Waals surface area (Å²) in [5.74, 6) is 0. The second-order valence-electron chi connectivity index (χ2n) is 19.8. The van der Waals surface area contributed by atoms with Gasteiger partial charge in [-0.2, -0.15) is 0 Å². The van der Waals surface area contributed by atoms with Crippen molar-refractivity contribution in [2.24, 2.45) is 0 Å². The molecule has 0 saturated heterocycles. The Morgan fingerprint density at radius 2 is 0.703 bits per heavy atom. The van der Waals surface area contributed by atoms with Gasteiger partial charge < -0.3 is 9.80 Å². The third kappa shape index (κ3) is 5.82. The van der Waals surface area contributed by atoms with Gasteiger partial charge in [0.1, 0.15) is 0 Å². The van der Waals surface area contributed by atoms with E-state index in [1.807, 2.05) is 0 Å². The Labute approximate surface area is 432 Å². The monoisotopic (exact) mass is 940 g/mol. The highest BCUT2D eigenvalue weighted by Gasteiger charge is 2.55. The molecule has 0 aliphatic heterocycles. The van der Waals surface area contributed by atoms with E-state index in [2.05, 4.69) is 301 Å². The summed E-state index contributed by atoms with van der Waals surface area (Å²) in [4.78, 5) is 5.05. The number of para-hydroxylation sites is 3. The smallest absolute Gasteiger partial charge is 0.0747 e. The largest absolute Gasteiger partial charge is 0.310 e. The van der Waals surface area contributed by atoms with E-state index in [-0.39, 0.29) is 0 Å². The van der Waals surface area contributed by atoms with Gasteiger partial charge in [-0.1, -0.05) is 231 Å². The standard InChI is InChI=1S/C72H48N2/c1-6-26-50(27-7-1)71(51-28-8-2-9-29-51)64-42-23-20-39-60(64)68-65(71)43-24-44-67(68)74(54-34-14-5-15-35-54)70-56-36-17-16-25-49(56)47-61-58-38-19-22-41-63(58)72(69(61)70)62-40-21-18-37-57(62)59-46-45-55(48-66(59)72)73(52-30-10-3-11-31-52)53-32-12-4-13-33-53/h1-48H. The summed E-state index contributed by atoms with van der Waals surface area (Å²) in [7, 11) is 0. The van der Waals surface area contributed by atoms with Gasteiger partial charge in [-0.05, 0) is 133 Å². The lowest BCUT2D eigenvalue weighted by Crippen LogP contribution is -2.29. The van der Waals surface area contributed by atoms with Crippen molar-refractivity contribution < 1.29 is 0 Å². The third-order valence-electron chi connectivity index (χ3n) is 16.3. The molecule has 3 aliphatic rings. The summed E-state index contributed by atoms with van der Waals surface area (Å²) in [6, 6.07) is 109. The minimum Gasteiger partial charge on any atom is -0.310 e. The van der Waals surface area contributed by atoms with Crippen LogP contribution in [-0.4, -0.2) is 0 Å². The highest BCUT2D eigenvalue weighted by Crippen LogP contribution is 2.68. The summed E-state index contributed by atoms with van der Waals surface area (Å²) in [5.41, 5.74) is 23.2. The van der Waals surface area contributed by atoms with Crippen molar-refractivity contribution >= 4 is 44.9 Å². The van der Waals surface area contributed by atoms with Crippen LogP contribution in [0.2, 0.25) is 0 Å². The van der Waals surface area contributed by atoms with Crippen molar-refractivity contribution in [3.63, 3.8) is 0 Å². The third-order valence-corrected chi connectivity index (χ3v) is 16.3. The molecule has 0 N–H and O–H groups in total. The number of benzene rings is 12. The summed E-state index contributed by atoms with van der Waals surface area (Å²) < 4.78 is 0. The van der Waals surface area contributed by atoms with Crippen LogP contribution in [0.3, 0.4) is 0 Å². The molecular weight excluding hydrogens is 893 g/mol. The normalized spacial score (nSPS) is 14.9. The van der Waals surface area contributed by atoms with Gasteiger partial charge in [-0.3, -0.25) is 0 Å². The molecule has 15 rings (SSSR count). The van der Waals surface area contributed by atoms with Crippen molar-refractivity contribution in [1.82, 2.24) is 0 Å². The molecule has 3 aliphatic carbocycles. The molecule has 1 unspecified atom stereocenters. The number of anilines is 6. The molecule has 0 heterocycles. The Morgan fingerprint density at radius 1 is 0.257 bits per heavy atom. The number of fused-ring (bicyclic) bond motifs is 14. The average molecular weight is 941 g/mol. The van der Waals surface area contributed by atoms with Crippen LogP contribution in [-0.2, 0) is 10.8 Å². The molecule has 346 valence electrons. The number of rotatable bonds is 8. The molecule has 12 aromatic carbocycles. The molecule has 2 nitrogen and oxygen atoms in total. The van der Waals surface area contributed by atoms with E-state index < -0.39 is 10.8 Å².